The summed E-state index contributed by atoms with van der Waals surface area (Å²) >= 11 is 6.10. The van der Waals surface area contributed by atoms with Crippen LogP contribution in [0.15, 0.2) is 18.2 Å². The highest BCUT2D eigenvalue weighted by Crippen LogP contribution is 2.46. The molecular weight excluding hydrogens is 227 g/mol. The van der Waals surface area contributed by atoms with Gasteiger partial charge in [0.05, 0.1) is 0 Å². The molecule has 1 aromatic rings. The summed E-state index contributed by atoms with van der Waals surface area (Å²) in [6, 6.07) is 5.20. The Hall–Kier alpha value is -0.760. The van der Waals surface area contributed by atoms with Crippen LogP contribution < -0.4 is 4.74 Å². The summed E-state index contributed by atoms with van der Waals surface area (Å²) in [7, 11) is 0. The number of hydrogen-bond donors (Lipinski definition) is 0. The summed E-state index contributed by atoms with van der Waals surface area (Å²) in [6.07, 6.45) is 0.786. The van der Waals surface area contributed by atoms with E-state index in [9.17, 15) is 4.39 Å². The van der Waals surface area contributed by atoms with Crippen LogP contribution in [-0.4, -0.2) is 11.5 Å². The smallest absolute Gasteiger partial charge is 0.167 e. The lowest BCUT2D eigenvalue weighted by molar-refractivity contribution is -0.0153. The first kappa shape index (κ1) is 11.7. The van der Waals surface area contributed by atoms with Gasteiger partial charge in [0, 0.05) is 17.2 Å². The Morgan fingerprint density at radius 3 is 2.69 bits per heavy atom. The Morgan fingerprint density at radius 2 is 2.12 bits per heavy atom. The second kappa shape index (κ2) is 3.92. The lowest BCUT2D eigenvalue weighted by Gasteiger charge is -2.48. The molecule has 0 spiro atoms. The lowest BCUT2D eigenvalue weighted by Crippen LogP contribution is -2.53. The molecule has 0 saturated heterocycles. The molecule has 88 valence electrons. The quantitative estimate of drug-likeness (QED) is 0.715. The Balaban J connectivity index is 2.14. The Bertz CT molecular complexity index is 403. The minimum Gasteiger partial charge on any atom is -0.487 e. The van der Waals surface area contributed by atoms with Gasteiger partial charge in [0.1, 0.15) is 6.10 Å². The molecule has 1 aromatic carbocycles. The van der Waals surface area contributed by atoms with Gasteiger partial charge >= 0.3 is 0 Å². The van der Waals surface area contributed by atoms with Crippen LogP contribution in [0.2, 0.25) is 0 Å². The van der Waals surface area contributed by atoms with Crippen LogP contribution in [0.5, 0.6) is 5.75 Å². The van der Waals surface area contributed by atoms with Crippen LogP contribution in [0, 0.1) is 18.2 Å². The van der Waals surface area contributed by atoms with Gasteiger partial charge in [0.25, 0.3) is 0 Å². The zero-order chi connectivity index (χ0) is 11.9. The van der Waals surface area contributed by atoms with Gasteiger partial charge < -0.3 is 4.74 Å². The lowest BCUT2D eigenvalue weighted by atomic mass is 9.68. The van der Waals surface area contributed by atoms with Crippen molar-refractivity contribution >= 4 is 11.6 Å². The monoisotopic (exact) mass is 242 g/mol. The molecule has 0 aliphatic heterocycles. The van der Waals surface area contributed by atoms with E-state index in [0.29, 0.717) is 11.3 Å². The van der Waals surface area contributed by atoms with Crippen molar-refractivity contribution in [1.82, 2.24) is 0 Å². The number of alkyl halides is 1. The number of hydrogen-bond acceptors (Lipinski definition) is 1. The maximum absolute atomic E-state index is 13.7. The number of benzene rings is 1. The van der Waals surface area contributed by atoms with E-state index in [2.05, 4.69) is 0 Å². The summed E-state index contributed by atoms with van der Waals surface area (Å²) in [5.41, 5.74) is 0.523. The van der Waals surface area contributed by atoms with Gasteiger partial charge in [-0.2, -0.15) is 0 Å². The van der Waals surface area contributed by atoms with Crippen molar-refractivity contribution in [2.24, 2.45) is 5.41 Å². The second-order valence-electron chi connectivity index (χ2n) is 5.02. The first-order valence-electron chi connectivity index (χ1n) is 5.48. The van der Waals surface area contributed by atoms with Crippen LogP contribution >= 0.6 is 11.6 Å². The average Bonchev–Trinajstić information content (AvgIpc) is 2.24. The predicted octanol–water partition coefficient (Wildman–Crippen LogP) is 3.92. The SMILES string of the molecule is Cc1cccc(OC2CC(Cl)C2(C)C)c1F. The molecule has 16 heavy (non-hydrogen) atoms. The van der Waals surface area contributed by atoms with E-state index in [1.807, 2.05) is 13.8 Å². The van der Waals surface area contributed by atoms with Crippen molar-refractivity contribution in [2.75, 3.05) is 0 Å². The Morgan fingerprint density at radius 1 is 1.44 bits per heavy atom. The molecule has 0 radical (unpaired) electrons. The highest BCUT2D eigenvalue weighted by Gasteiger charge is 2.49. The molecule has 0 heterocycles. The van der Waals surface area contributed by atoms with Crippen LogP contribution in [0.25, 0.3) is 0 Å². The minimum absolute atomic E-state index is 0.00583. The fourth-order valence-electron chi connectivity index (χ4n) is 1.90. The molecule has 2 atom stereocenters. The minimum atomic E-state index is -0.267. The highest BCUT2D eigenvalue weighted by molar-refractivity contribution is 6.21. The standard InChI is InChI=1S/C13H16ClFO/c1-8-5-4-6-9(12(8)15)16-11-7-10(14)13(11,2)3/h4-6,10-11H,7H2,1-3H3. The maximum atomic E-state index is 13.7. The van der Waals surface area contributed by atoms with E-state index in [4.69, 9.17) is 16.3 Å². The third kappa shape index (κ3) is 1.80. The second-order valence-corrected chi connectivity index (χ2v) is 5.54. The van der Waals surface area contributed by atoms with Crippen LogP contribution in [0.4, 0.5) is 4.39 Å². The molecule has 2 rings (SSSR count). The van der Waals surface area contributed by atoms with E-state index < -0.39 is 0 Å². The zero-order valence-corrected chi connectivity index (χ0v) is 10.5. The van der Waals surface area contributed by atoms with Gasteiger partial charge in [-0.1, -0.05) is 26.0 Å². The van der Waals surface area contributed by atoms with Gasteiger partial charge in [-0.3, -0.25) is 0 Å². The molecule has 2 unspecified atom stereocenters. The Kier molecular flexibility index (Phi) is 2.87. The third-order valence-corrected chi connectivity index (χ3v) is 4.22. The van der Waals surface area contributed by atoms with Crippen molar-refractivity contribution in [3.05, 3.63) is 29.6 Å². The summed E-state index contributed by atoms with van der Waals surface area (Å²) in [6.45, 7) is 5.83. The van der Waals surface area contributed by atoms with Crippen molar-refractivity contribution < 1.29 is 9.13 Å². The van der Waals surface area contributed by atoms with Crippen LogP contribution in [-0.2, 0) is 0 Å². The van der Waals surface area contributed by atoms with Crippen molar-refractivity contribution in [1.29, 1.82) is 0 Å². The zero-order valence-electron chi connectivity index (χ0n) is 9.76. The molecule has 1 nitrogen and oxygen atoms in total. The molecule has 1 saturated carbocycles. The fourth-order valence-corrected chi connectivity index (χ4v) is 2.20. The molecule has 0 bridgehead atoms. The largest absolute Gasteiger partial charge is 0.487 e. The first-order chi connectivity index (χ1) is 7.43. The van der Waals surface area contributed by atoms with E-state index in [1.165, 1.54) is 0 Å². The molecule has 0 amide bonds. The van der Waals surface area contributed by atoms with Gasteiger partial charge in [-0.05, 0) is 18.6 Å². The molecule has 1 fully saturated rings. The first-order valence-corrected chi connectivity index (χ1v) is 5.92. The molecule has 0 aromatic heterocycles. The average molecular weight is 243 g/mol. The topological polar surface area (TPSA) is 9.23 Å². The summed E-state index contributed by atoms with van der Waals surface area (Å²) in [5.74, 6) is 0.0676. The van der Waals surface area contributed by atoms with Crippen LogP contribution in [0.1, 0.15) is 25.8 Å². The highest BCUT2D eigenvalue weighted by atomic mass is 35.5. The molecule has 0 N–H and O–H groups in total. The molecule has 1 aliphatic carbocycles. The van der Waals surface area contributed by atoms with Gasteiger partial charge in [0.2, 0.25) is 0 Å². The number of aryl methyl sites for hydroxylation is 1. The van der Waals surface area contributed by atoms with E-state index in [0.717, 1.165) is 6.42 Å². The van der Waals surface area contributed by atoms with Crippen molar-refractivity contribution in [3.63, 3.8) is 0 Å². The summed E-state index contributed by atoms with van der Waals surface area (Å²) in [4.78, 5) is 0. The maximum Gasteiger partial charge on any atom is 0.167 e. The number of ether oxygens (including phenoxy) is 1. The predicted molar refractivity (Wildman–Crippen MR) is 63.6 cm³/mol. The van der Waals surface area contributed by atoms with E-state index >= 15 is 0 Å². The summed E-state index contributed by atoms with van der Waals surface area (Å²) < 4.78 is 19.4. The van der Waals surface area contributed by atoms with Crippen LogP contribution in [0.3, 0.4) is 0 Å². The number of rotatable bonds is 2. The summed E-state index contributed by atoms with van der Waals surface area (Å²) in [5, 5.41) is 0.116. The molecule has 1 aliphatic rings. The third-order valence-electron chi connectivity index (χ3n) is 3.48. The van der Waals surface area contributed by atoms with E-state index in [1.54, 1.807) is 25.1 Å². The molecular formula is C13H16ClFO. The van der Waals surface area contributed by atoms with Gasteiger partial charge in [-0.25, -0.2) is 4.39 Å². The Labute approximate surface area is 101 Å². The normalized spacial score (nSPS) is 27.3. The fraction of sp³-hybridized carbons (Fsp3) is 0.538. The van der Waals surface area contributed by atoms with Gasteiger partial charge in [-0.15, -0.1) is 11.6 Å². The number of halogens is 2. The van der Waals surface area contributed by atoms with Crippen molar-refractivity contribution in [3.8, 4) is 5.75 Å². The van der Waals surface area contributed by atoms with E-state index in [-0.39, 0.29) is 22.7 Å². The molecule has 3 heteroatoms. The van der Waals surface area contributed by atoms with Gasteiger partial charge in [0.15, 0.2) is 11.6 Å². The van der Waals surface area contributed by atoms with Crippen molar-refractivity contribution in [2.45, 2.75) is 38.7 Å².